The van der Waals surface area contributed by atoms with Gasteiger partial charge in [-0.25, -0.2) is 9.40 Å². The fraction of sp³-hybridized carbons (Fsp3) is 0.182. The average molecular weight is 691 g/mol. The Morgan fingerprint density at radius 2 is 1.83 bits per heavy atom. The lowest BCUT2D eigenvalue weighted by Gasteiger charge is -2.22. The zero-order chi connectivity index (χ0) is 32.9. The first-order chi connectivity index (χ1) is 22.8. The van der Waals surface area contributed by atoms with Gasteiger partial charge in [-0.15, -0.1) is 21.5 Å². The van der Waals surface area contributed by atoms with E-state index in [0.29, 0.717) is 45.2 Å². The first-order valence-electron chi connectivity index (χ1n) is 14.4. The van der Waals surface area contributed by atoms with Crippen LogP contribution in [0.4, 0.5) is 4.39 Å². The summed E-state index contributed by atoms with van der Waals surface area (Å²) in [7, 11) is 3.02. The molecule has 1 N–H and O–H groups in total. The molecule has 1 aliphatic rings. The van der Waals surface area contributed by atoms with Gasteiger partial charge in [0.15, 0.2) is 22.5 Å². The van der Waals surface area contributed by atoms with E-state index in [0.717, 1.165) is 16.2 Å². The van der Waals surface area contributed by atoms with E-state index in [9.17, 15) is 14.0 Å². The molecular weight excluding hydrogens is 663 g/mol. The van der Waals surface area contributed by atoms with E-state index in [-0.39, 0.29) is 36.0 Å². The van der Waals surface area contributed by atoms with Crippen LogP contribution in [0.15, 0.2) is 94.5 Å². The van der Waals surface area contributed by atoms with Crippen LogP contribution < -0.4 is 14.8 Å². The lowest BCUT2D eigenvalue weighted by atomic mass is 10.0. The number of nitrogens with one attached hydrogen (secondary N) is 1. The van der Waals surface area contributed by atoms with Gasteiger partial charge in [0, 0.05) is 17.0 Å². The monoisotopic (exact) mass is 690 g/mol. The van der Waals surface area contributed by atoms with Crippen LogP contribution in [0.2, 0.25) is 5.02 Å². The van der Waals surface area contributed by atoms with E-state index in [4.69, 9.17) is 26.2 Å². The van der Waals surface area contributed by atoms with Crippen molar-refractivity contribution in [3.63, 3.8) is 0 Å². The molecule has 5 aromatic rings. The van der Waals surface area contributed by atoms with Gasteiger partial charge in [-0.3, -0.25) is 14.2 Å². The highest BCUT2D eigenvalue weighted by Crippen LogP contribution is 2.35. The highest BCUT2D eigenvalue weighted by Gasteiger charge is 2.34. The topological polar surface area (TPSA) is 111 Å². The summed E-state index contributed by atoms with van der Waals surface area (Å²) in [5.74, 6) is 0.408. The second-order valence-corrected chi connectivity index (χ2v) is 12.6. The van der Waals surface area contributed by atoms with Crippen molar-refractivity contribution in [3.8, 4) is 17.2 Å². The fourth-order valence-electron chi connectivity index (χ4n) is 5.09. The molecule has 1 atom stereocenters. The largest absolute Gasteiger partial charge is 0.493 e. The maximum Gasteiger partial charge on any atom is 0.253 e. The number of aromatic nitrogens is 3. The van der Waals surface area contributed by atoms with Crippen molar-refractivity contribution in [2.24, 2.45) is 5.10 Å². The number of thiophene rings is 1. The number of hydrogen-bond acceptors (Lipinski definition) is 9. The second kappa shape index (κ2) is 14.4. The van der Waals surface area contributed by atoms with Crippen molar-refractivity contribution in [1.29, 1.82) is 0 Å². The minimum absolute atomic E-state index is 0.00435. The maximum atomic E-state index is 13.7. The Labute approximate surface area is 283 Å². The van der Waals surface area contributed by atoms with Gasteiger partial charge in [-0.1, -0.05) is 47.6 Å². The van der Waals surface area contributed by atoms with Gasteiger partial charge in [0.25, 0.3) is 11.8 Å². The van der Waals surface area contributed by atoms with Crippen molar-refractivity contribution in [2.75, 3.05) is 20.0 Å². The Kier molecular flexibility index (Phi) is 9.85. The number of hydrazone groups is 1. The standard InChI is InChI=1S/C33H28ClFN6O4S2/c1-44-27-13-10-21(15-28(27)45-2)32(43)36-18-30-37-38-33(40(30)24-6-3-5-22(34)16-24)47-19-31(42)41-26(20-8-11-23(35)12-9-20)17-25(39-41)29-7-4-14-46-29/h3-16,26H,17-19H2,1-2H3,(H,36,43)/t26-/m1/s1. The summed E-state index contributed by atoms with van der Waals surface area (Å²) in [5.41, 5.74) is 2.62. The summed E-state index contributed by atoms with van der Waals surface area (Å²) < 4.78 is 26.1. The fourth-order valence-corrected chi connectivity index (χ4v) is 6.82. The first kappa shape index (κ1) is 32.2. The SMILES string of the molecule is COc1ccc(C(=O)NCc2nnc(SCC(=O)N3N=C(c4cccs4)C[C@@H]3c3ccc(F)cc3)n2-c2cccc(Cl)c2)cc1OC. The van der Waals surface area contributed by atoms with E-state index in [2.05, 4.69) is 15.5 Å². The van der Waals surface area contributed by atoms with Crippen molar-refractivity contribution in [1.82, 2.24) is 25.1 Å². The van der Waals surface area contributed by atoms with Crippen molar-refractivity contribution >= 4 is 52.2 Å². The van der Waals surface area contributed by atoms with E-state index < -0.39 is 0 Å². The van der Waals surface area contributed by atoms with Crippen LogP contribution in [0.25, 0.3) is 5.69 Å². The molecule has 6 rings (SSSR count). The Morgan fingerprint density at radius 1 is 1.02 bits per heavy atom. The summed E-state index contributed by atoms with van der Waals surface area (Å²) in [5, 5.41) is 20.6. The second-order valence-electron chi connectivity index (χ2n) is 10.3. The Hall–Kier alpha value is -4.72. The molecule has 2 amide bonds. The number of amides is 2. The zero-order valence-electron chi connectivity index (χ0n) is 25.2. The molecule has 2 aromatic heterocycles. The van der Waals surface area contributed by atoms with Crippen molar-refractivity contribution < 1.29 is 23.5 Å². The quantitative estimate of drug-likeness (QED) is 0.157. The molecule has 0 bridgehead atoms. The summed E-state index contributed by atoms with van der Waals surface area (Å²) >= 11 is 9.06. The number of hydrogen-bond donors (Lipinski definition) is 1. The molecule has 0 aliphatic carbocycles. The van der Waals surface area contributed by atoms with Crippen LogP contribution in [-0.4, -0.2) is 57.3 Å². The van der Waals surface area contributed by atoms with Crippen LogP contribution in [0.3, 0.4) is 0 Å². The first-order valence-corrected chi connectivity index (χ1v) is 16.6. The molecule has 0 unspecified atom stereocenters. The number of carbonyl (C=O) groups is 2. The summed E-state index contributed by atoms with van der Waals surface area (Å²) in [6.07, 6.45) is 0.505. The van der Waals surface area contributed by atoms with Gasteiger partial charge in [0.2, 0.25) is 0 Å². The smallest absolute Gasteiger partial charge is 0.253 e. The average Bonchev–Trinajstić information content (AvgIpc) is 3.86. The van der Waals surface area contributed by atoms with Crippen LogP contribution >= 0.6 is 34.7 Å². The van der Waals surface area contributed by atoms with Gasteiger partial charge in [-0.2, -0.15) is 5.10 Å². The number of benzene rings is 3. The minimum Gasteiger partial charge on any atom is -0.493 e. The Balaban J connectivity index is 1.23. The van der Waals surface area contributed by atoms with Gasteiger partial charge >= 0.3 is 0 Å². The molecule has 10 nitrogen and oxygen atoms in total. The number of methoxy groups -OCH3 is 2. The van der Waals surface area contributed by atoms with Crippen molar-refractivity contribution in [3.05, 3.63) is 117 Å². The van der Waals surface area contributed by atoms with E-state index in [1.807, 2.05) is 23.6 Å². The van der Waals surface area contributed by atoms with E-state index >= 15 is 0 Å². The Morgan fingerprint density at radius 3 is 2.55 bits per heavy atom. The van der Waals surface area contributed by atoms with Crippen LogP contribution in [0, 0.1) is 5.82 Å². The Bertz CT molecular complexity index is 1930. The predicted octanol–water partition coefficient (Wildman–Crippen LogP) is 6.54. The molecule has 3 aromatic carbocycles. The summed E-state index contributed by atoms with van der Waals surface area (Å²) in [6, 6.07) is 21.7. The molecular formula is C33H28ClFN6O4S2. The van der Waals surface area contributed by atoms with Crippen LogP contribution in [0.5, 0.6) is 11.5 Å². The number of nitrogens with zero attached hydrogens (tertiary/aromatic N) is 5. The molecule has 1 aliphatic heterocycles. The lowest BCUT2D eigenvalue weighted by Crippen LogP contribution is -2.28. The number of thioether (sulfide) groups is 1. The molecule has 0 radical (unpaired) electrons. The molecule has 0 saturated carbocycles. The van der Waals surface area contributed by atoms with Crippen LogP contribution in [0.1, 0.15) is 39.1 Å². The third kappa shape index (κ3) is 7.17. The zero-order valence-corrected chi connectivity index (χ0v) is 27.6. The molecule has 0 spiro atoms. The van der Waals surface area contributed by atoms with E-state index in [1.54, 1.807) is 64.4 Å². The molecule has 0 fully saturated rings. The molecule has 240 valence electrons. The number of ether oxygens (including phenoxy) is 2. The molecule has 47 heavy (non-hydrogen) atoms. The maximum absolute atomic E-state index is 13.7. The number of carbonyl (C=O) groups excluding carboxylic acids is 2. The summed E-state index contributed by atoms with van der Waals surface area (Å²) in [6.45, 7) is 0.0361. The van der Waals surface area contributed by atoms with Crippen LogP contribution in [-0.2, 0) is 11.3 Å². The lowest BCUT2D eigenvalue weighted by molar-refractivity contribution is -0.130. The minimum atomic E-state index is -0.381. The number of halogens is 2. The third-order valence-corrected chi connectivity index (χ3v) is 9.44. The molecule has 3 heterocycles. The molecule has 14 heteroatoms. The van der Waals surface area contributed by atoms with Gasteiger partial charge in [0.1, 0.15) is 5.82 Å². The highest BCUT2D eigenvalue weighted by atomic mass is 35.5. The molecule has 0 saturated heterocycles. The van der Waals surface area contributed by atoms with Gasteiger partial charge in [-0.05, 0) is 65.5 Å². The van der Waals surface area contributed by atoms with E-state index in [1.165, 1.54) is 43.1 Å². The van der Waals surface area contributed by atoms with Crippen molar-refractivity contribution in [2.45, 2.75) is 24.2 Å². The third-order valence-electron chi connectivity index (χ3n) is 7.37. The highest BCUT2D eigenvalue weighted by molar-refractivity contribution is 7.99. The predicted molar refractivity (Wildman–Crippen MR) is 179 cm³/mol. The van der Waals surface area contributed by atoms with Gasteiger partial charge in [0.05, 0.1) is 48.8 Å². The van der Waals surface area contributed by atoms with Gasteiger partial charge < -0.3 is 14.8 Å². The number of rotatable bonds is 11. The normalized spacial score (nSPS) is 14.2. The summed E-state index contributed by atoms with van der Waals surface area (Å²) in [4.78, 5) is 27.8.